The number of pyridine rings is 1. The number of Topliss-reactive ketones (excluding diaryl/α,β-unsaturated/α-hetero) is 1. The third-order valence-electron chi connectivity index (χ3n) is 3.45. The van der Waals surface area contributed by atoms with Gasteiger partial charge in [0, 0.05) is 17.3 Å². The van der Waals surface area contributed by atoms with Crippen LogP contribution in [-0.4, -0.2) is 37.8 Å². The maximum absolute atomic E-state index is 12.4. The van der Waals surface area contributed by atoms with Gasteiger partial charge in [0.15, 0.2) is 0 Å². The lowest BCUT2D eigenvalue weighted by atomic mass is 10.1. The van der Waals surface area contributed by atoms with Crippen LogP contribution in [0.5, 0.6) is 0 Å². The van der Waals surface area contributed by atoms with Gasteiger partial charge >= 0.3 is 6.18 Å². The molecule has 0 aliphatic rings. The van der Waals surface area contributed by atoms with Gasteiger partial charge in [-0.25, -0.2) is 4.68 Å². The molecular weight excluding hydrogens is 351 g/mol. The number of carbonyl (C=O) groups excluding carboxylic acids is 2. The summed E-state index contributed by atoms with van der Waals surface area (Å²) in [5, 5.41) is 7.78. The van der Waals surface area contributed by atoms with Gasteiger partial charge in [-0.3, -0.25) is 14.6 Å². The minimum atomic E-state index is -4.93. The Kier molecular flexibility index (Phi) is 4.24. The molecule has 3 aromatic rings. The molecule has 26 heavy (non-hydrogen) atoms. The van der Waals surface area contributed by atoms with E-state index in [1.54, 1.807) is 0 Å². The first-order valence-electron chi connectivity index (χ1n) is 7.16. The van der Waals surface area contributed by atoms with Crippen molar-refractivity contribution in [2.75, 3.05) is 0 Å². The molecule has 1 amide bonds. The number of benzene rings is 1. The fourth-order valence-corrected chi connectivity index (χ4v) is 2.16. The van der Waals surface area contributed by atoms with Gasteiger partial charge in [-0.2, -0.15) is 13.2 Å². The fourth-order valence-electron chi connectivity index (χ4n) is 2.16. The standard InChI is InChI=1S/C16H10F3N5O2/c17-16(18,19)14(25)9-1-3-11(4-2-9)24-8-13(22-23-24)12-7-10(15(20)26)5-6-21-12/h1-8H,(H2,20,26). The molecule has 0 unspecified atom stereocenters. The first kappa shape index (κ1) is 17.3. The van der Waals surface area contributed by atoms with Crippen LogP contribution in [0.4, 0.5) is 13.2 Å². The van der Waals surface area contributed by atoms with Gasteiger partial charge in [-0.1, -0.05) is 5.21 Å². The molecule has 0 spiro atoms. The number of alkyl halides is 3. The highest BCUT2D eigenvalue weighted by atomic mass is 19.4. The second-order valence-corrected chi connectivity index (χ2v) is 5.22. The number of amides is 1. The Bertz CT molecular complexity index is 980. The molecule has 3 rings (SSSR count). The third-order valence-corrected chi connectivity index (χ3v) is 3.45. The Morgan fingerprint density at radius 3 is 2.31 bits per heavy atom. The summed E-state index contributed by atoms with van der Waals surface area (Å²) < 4.78 is 38.6. The van der Waals surface area contributed by atoms with Crippen molar-refractivity contribution in [3.63, 3.8) is 0 Å². The van der Waals surface area contributed by atoms with Crippen LogP contribution in [0.3, 0.4) is 0 Å². The Balaban J connectivity index is 1.87. The van der Waals surface area contributed by atoms with Crippen molar-refractivity contribution in [3.8, 4) is 17.1 Å². The number of nitrogens with zero attached hydrogens (tertiary/aromatic N) is 4. The van der Waals surface area contributed by atoms with E-state index in [2.05, 4.69) is 15.3 Å². The predicted molar refractivity (Wildman–Crippen MR) is 83.5 cm³/mol. The molecule has 0 fully saturated rings. The molecule has 0 radical (unpaired) electrons. The maximum Gasteiger partial charge on any atom is 0.454 e. The Hall–Kier alpha value is -3.56. The van der Waals surface area contributed by atoms with Crippen LogP contribution in [0.25, 0.3) is 17.1 Å². The van der Waals surface area contributed by atoms with E-state index in [4.69, 9.17) is 5.73 Å². The Labute approximate surface area is 144 Å². The first-order chi connectivity index (χ1) is 12.3. The van der Waals surface area contributed by atoms with Gasteiger partial charge in [0.25, 0.3) is 5.78 Å². The highest BCUT2D eigenvalue weighted by Crippen LogP contribution is 2.22. The third kappa shape index (κ3) is 3.43. The molecule has 0 saturated carbocycles. The molecule has 132 valence electrons. The number of primary amides is 1. The second kappa shape index (κ2) is 6.39. The number of nitrogens with two attached hydrogens (primary N) is 1. The zero-order valence-corrected chi connectivity index (χ0v) is 12.9. The topological polar surface area (TPSA) is 104 Å². The average Bonchev–Trinajstić information content (AvgIpc) is 3.10. The van der Waals surface area contributed by atoms with Gasteiger partial charge in [-0.15, -0.1) is 5.10 Å². The van der Waals surface area contributed by atoms with Gasteiger partial charge < -0.3 is 5.73 Å². The highest BCUT2D eigenvalue weighted by Gasteiger charge is 2.39. The monoisotopic (exact) mass is 361 g/mol. The van der Waals surface area contributed by atoms with Gasteiger partial charge in [0.1, 0.15) is 5.69 Å². The van der Waals surface area contributed by atoms with Crippen LogP contribution in [0.1, 0.15) is 20.7 Å². The summed E-state index contributed by atoms with van der Waals surface area (Å²) in [6.45, 7) is 0. The average molecular weight is 361 g/mol. The maximum atomic E-state index is 12.4. The summed E-state index contributed by atoms with van der Waals surface area (Å²) in [5.74, 6) is -2.54. The summed E-state index contributed by atoms with van der Waals surface area (Å²) in [7, 11) is 0. The summed E-state index contributed by atoms with van der Waals surface area (Å²) in [4.78, 5) is 26.5. The van der Waals surface area contributed by atoms with Crippen molar-refractivity contribution in [2.45, 2.75) is 6.18 Å². The summed E-state index contributed by atoms with van der Waals surface area (Å²) >= 11 is 0. The van der Waals surface area contributed by atoms with E-state index in [1.165, 1.54) is 41.3 Å². The van der Waals surface area contributed by atoms with E-state index in [0.717, 1.165) is 12.1 Å². The van der Waals surface area contributed by atoms with Crippen molar-refractivity contribution in [1.29, 1.82) is 0 Å². The molecule has 0 atom stereocenters. The first-order valence-corrected chi connectivity index (χ1v) is 7.16. The lowest BCUT2D eigenvalue weighted by Crippen LogP contribution is -2.22. The molecule has 7 nitrogen and oxygen atoms in total. The predicted octanol–water partition coefficient (Wildman–Crippen LogP) is 2.17. The molecular formula is C16H10F3N5O2. The van der Waals surface area contributed by atoms with E-state index in [-0.39, 0.29) is 5.56 Å². The van der Waals surface area contributed by atoms with Crippen LogP contribution < -0.4 is 5.73 Å². The molecule has 10 heteroatoms. The van der Waals surface area contributed by atoms with E-state index in [0.29, 0.717) is 17.1 Å². The molecule has 2 N–H and O–H groups in total. The van der Waals surface area contributed by atoms with E-state index in [9.17, 15) is 22.8 Å². The van der Waals surface area contributed by atoms with Gasteiger partial charge in [-0.05, 0) is 36.4 Å². The van der Waals surface area contributed by atoms with Crippen molar-refractivity contribution in [3.05, 3.63) is 59.9 Å². The molecule has 0 saturated heterocycles. The van der Waals surface area contributed by atoms with Crippen LogP contribution in [0.2, 0.25) is 0 Å². The van der Waals surface area contributed by atoms with Crippen molar-refractivity contribution in [2.24, 2.45) is 5.73 Å². The molecule has 2 aromatic heterocycles. The smallest absolute Gasteiger partial charge is 0.366 e. The van der Waals surface area contributed by atoms with Crippen molar-refractivity contribution < 1.29 is 22.8 Å². The van der Waals surface area contributed by atoms with Crippen molar-refractivity contribution in [1.82, 2.24) is 20.0 Å². The minimum absolute atomic E-state index is 0.250. The summed E-state index contributed by atoms with van der Waals surface area (Å²) in [6, 6.07) is 7.63. The van der Waals surface area contributed by atoms with Crippen LogP contribution in [0.15, 0.2) is 48.8 Å². The lowest BCUT2D eigenvalue weighted by Gasteiger charge is -2.06. The number of carbonyl (C=O) groups is 2. The second-order valence-electron chi connectivity index (χ2n) is 5.22. The zero-order chi connectivity index (χ0) is 18.9. The van der Waals surface area contributed by atoms with Crippen molar-refractivity contribution >= 4 is 11.7 Å². The number of ketones is 1. The van der Waals surface area contributed by atoms with Gasteiger partial charge in [0.2, 0.25) is 5.91 Å². The molecule has 2 heterocycles. The minimum Gasteiger partial charge on any atom is -0.366 e. The molecule has 1 aromatic carbocycles. The summed E-state index contributed by atoms with van der Waals surface area (Å²) in [6.07, 6.45) is -2.06. The van der Waals surface area contributed by atoms with Gasteiger partial charge in [0.05, 0.1) is 17.6 Å². The zero-order valence-electron chi connectivity index (χ0n) is 12.9. The number of aromatic nitrogens is 4. The SMILES string of the molecule is NC(=O)c1ccnc(-c2cn(-c3ccc(C(=O)C(F)(F)F)cc3)nn2)c1. The number of hydrogen-bond acceptors (Lipinski definition) is 5. The van der Waals surface area contributed by atoms with Crippen LogP contribution >= 0.6 is 0 Å². The molecule has 0 aliphatic carbocycles. The van der Waals surface area contributed by atoms with E-state index >= 15 is 0 Å². The number of rotatable bonds is 4. The van der Waals surface area contributed by atoms with Crippen LogP contribution in [0, 0.1) is 0 Å². The Morgan fingerprint density at radius 2 is 1.69 bits per heavy atom. The Morgan fingerprint density at radius 1 is 1.00 bits per heavy atom. The van der Waals surface area contributed by atoms with Crippen LogP contribution in [-0.2, 0) is 0 Å². The van der Waals surface area contributed by atoms with E-state index in [1.807, 2.05) is 0 Å². The normalized spacial score (nSPS) is 11.3. The van der Waals surface area contributed by atoms with E-state index < -0.39 is 23.4 Å². The molecule has 0 aliphatic heterocycles. The number of halogens is 3. The molecule has 0 bridgehead atoms. The number of hydrogen-bond donors (Lipinski definition) is 1. The quantitative estimate of drug-likeness (QED) is 0.717. The summed E-state index contributed by atoms with van der Waals surface area (Å²) in [5.41, 5.74) is 6.08. The fraction of sp³-hybridized carbons (Fsp3) is 0.0625. The highest BCUT2D eigenvalue weighted by molar-refractivity contribution is 6.00. The lowest BCUT2D eigenvalue weighted by molar-refractivity contribution is -0.0885. The largest absolute Gasteiger partial charge is 0.454 e.